The molecule has 3 rings (SSSR count). The molecule has 0 unspecified atom stereocenters. The van der Waals surface area contributed by atoms with Crippen LogP contribution in [0.25, 0.3) is 0 Å². The van der Waals surface area contributed by atoms with Crippen molar-refractivity contribution < 1.29 is 22.7 Å². The van der Waals surface area contributed by atoms with E-state index >= 15 is 0 Å². The fourth-order valence-corrected chi connectivity index (χ4v) is 4.39. The average Bonchev–Trinajstić information content (AvgIpc) is 2.80. The van der Waals surface area contributed by atoms with Gasteiger partial charge in [0, 0.05) is 38.6 Å². The van der Waals surface area contributed by atoms with Gasteiger partial charge in [-0.2, -0.15) is 4.31 Å². The first-order chi connectivity index (χ1) is 15.3. The van der Waals surface area contributed by atoms with Gasteiger partial charge in [-0.1, -0.05) is 18.2 Å². The van der Waals surface area contributed by atoms with Crippen LogP contribution in [0.3, 0.4) is 0 Å². The Kier molecular flexibility index (Phi) is 7.84. The molecule has 0 aliphatic carbocycles. The molecule has 0 radical (unpaired) electrons. The van der Waals surface area contributed by atoms with Crippen LogP contribution in [0.2, 0.25) is 0 Å². The lowest BCUT2D eigenvalue weighted by Crippen LogP contribution is -2.42. The van der Waals surface area contributed by atoms with Crippen molar-refractivity contribution in [3.05, 3.63) is 54.6 Å². The molecule has 0 spiro atoms. The van der Waals surface area contributed by atoms with E-state index in [9.17, 15) is 18.0 Å². The molecular formula is C22H28N4O5S. The molecule has 0 aromatic heterocycles. The predicted octanol–water partition coefficient (Wildman–Crippen LogP) is 1.24. The number of benzene rings is 2. The van der Waals surface area contributed by atoms with Gasteiger partial charge in [-0.25, -0.2) is 8.42 Å². The van der Waals surface area contributed by atoms with Crippen molar-refractivity contribution in [3.63, 3.8) is 0 Å². The van der Waals surface area contributed by atoms with Crippen LogP contribution < -0.4 is 10.2 Å². The Morgan fingerprint density at radius 2 is 1.59 bits per heavy atom. The number of anilines is 2. The molecule has 1 saturated heterocycles. The lowest BCUT2D eigenvalue weighted by molar-refractivity contribution is -0.133. The molecular weight excluding hydrogens is 432 g/mol. The predicted molar refractivity (Wildman–Crippen MR) is 122 cm³/mol. The highest BCUT2D eigenvalue weighted by molar-refractivity contribution is 7.89. The monoisotopic (exact) mass is 460 g/mol. The smallest absolute Gasteiger partial charge is 0.243 e. The second kappa shape index (κ2) is 10.6. The van der Waals surface area contributed by atoms with Gasteiger partial charge in [0.25, 0.3) is 0 Å². The van der Waals surface area contributed by atoms with Crippen molar-refractivity contribution in [2.24, 2.45) is 0 Å². The first-order valence-corrected chi connectivity index (χ1v) is 11.7. The third kappa shape index (κ3) is 6.06. The maximum absolute atomic E-state index is 12.6. The van der Waals surface area contributed by atoms with Crippen molar-refractivity contribution in [1.29, 1.82) is 0 Å². The number of carbonyl (C=O) groups excluding carboxylic acids is 2. The quantitative estimate of drug-likeness (QED) is 0.636. The number of amides is 2. The van der Waals surface area contributed by atoms with Crippen molar-refractivity contribution in [2.75, 3.05) is 63.7 Å². The number of morpholine rings is 1. The molecule has 0 atom stereocenters. The first-order valence-electron chi connectivity index (χ1n) is 10.3. The molecule has 10 heteroatoms. The Bertz CT molecular complexity index is 1020. The number of hydrogen-bond acceptors (Lipinski definition) is 6. The van der Waals surface area contributed by atoms with Crippen LogP contribution in [0.15, 0.2) is 59.5 Å². The summed E-state index contributed by atoms with van der Waals surface area (Å²) in [5.74, 6) is -0.849. The first kappa shape index (κ1) is 23.7. The highest BCUT2D eigenvalue weighted by atomic mass is 32.2. The summed E-state index contributed by atoms with van der Waals surface area (Å²) in [5.41, 5.74) is 1.68. The molecule has 1 heterocycles. The third-order valence-electron chi connectivity index (χ3n) is 5.14. The van der Waals surface area contributed by atoms with Gasteiger partial charge in [0.05, 0.1) is 31.2 Å². The van der Waals surface area contributed by atoms with E-state index in [1.54, 1.807) is 18.2 Å². The van der Waals surface area contributed by atoms with Crippen LogP contribution in [0.5, 0.6) is 0 Å². The molecule has 32 heavy (non-hydrogen) atoms. The number of carbonyl (C=O) groups is 2. The van der Waals surface area contributed by atoms with E-state index < -0.39 is 15.9 Å². The summed E-state index contributed by atoms with van der Waals surface area (Å²) in [6.45, 7) is 2.49. The molecule has 2 aromatic carbocycles. The van der Waals surface area contributed by atoms with Crippen LogP contribution in [-0.4, -0.2) is 82.9 Å². The Balaban J connectivity index is 1.50. The zero-order valence-electron chi connectivity index (χ0n) is 18.2. The van der Waals surface area contributed by atoms with Gasteiger partial charge in [0.2, 0.25) is 21.8 Å². The molecule has 2 aromatic rings. The van der Waals surface area contributed by atoms with Crippen molar-refractivity contribution in [3.8, 4) is 0 Å². The molecule has 2 amide bonds. The van der Waals surface area contributed by atoms with Crippen LogP contribution in [0.1, 0.15) is 0 Å². The molecule has 0 saturated carbocycles. The molecule has 172 valence electrons. The summed E-state index contributed by atoms with van der Waals surface area (Å²) < 4.78 is 31.4. The standard InChI is InChI=1S/C22H28N4O5S/c1-24(22(28)17-25(2)32(29,30)20-6-4-3-5-7-20)16-21(27)23-18-8-10-19(11-9-18)26-12-14-31-15-13-26/h3-11H,12-17H2,1-2H3,(H,23,27). The molecule has 1 aliphatic rings. The minimum absolute atomic E-state index is 0.108. The normalized spacial score (nSPS) is 14.3. The lowest BCUT2D eigenvalue weighted by Gasteiger charge is -2.29. The summed E-state index contributed by atoms with van der Waals surface area (Å²) in [7, 11) is -0.982. The zero-order chi connectivity index (χ0) is 23.1. The number of nitrogens with one attached hydrogen (secondary N) is 1. The third-order valence-corrected chi connectivity index (χ3v) is 6.96. The number of ether oxygens (including phenoxy) is 1. The molecule has 1 aliphatic heterocycles. The zero-order valence-corrected chi connectivity index (χ0v) is 19.0. The van der Waals surface area contributed by atoms with Gasteiger partial charge in [-0.3, -0.25) is 9.59 Å². The maximum Gasteiger partial charge on any atom is 0.243 e. The van der Waals surface area contributed by atoms with E-state index in [1.807, 2.05) is 24.3 Å². The fraction of sp³-hybridized carbons (Fsp3) is 0.364. The van der Waals surface area contributed by atoms with Crippen LogP contribution in [0, 0.1) is 0 Å². The molecule has 0 bridgehead atoms. The maximum atomic E-state index is 12.6. The Morgan fingerprint density at radius 1 is 0.969 bits per heavy atom. The fourth-order valence-electron chi connectivity index (χ4n) is 3.25. The van der Waals surface area contributed by atoms with Crippen molar-refractivity contribution >= 4 is 33.2 Å². The lowest BCUT2D eigenvalue weighted by atomic mass is 10.2. The summed E-state index contributed by atoms with van der Waals surface area (Å²) in [4.78, 5) is 28.3. The second-order valence-corrected chi connectivity index (χ2v) is 9.56. The Hall–Kier alpha value is -2.95. The summed E-state index contributed by atoms with van der Waals surface area (Å²) in [5, 5.41) is 2.76. The second-order valence-electron chi connectivity index (χ2n) is 7.52. The molecule has 1 N–H and O–H groups in total. The number of rotatable bonds is 8. The number of nitrogens with zero attached hydrogens (tertiary/aromatic N) is 3. The number of hydrogen-bond donors (Lipinski definition) is 1. The van der Waals surface area contributed by atoms with E-state index in [-0.39, 0.29) is 23.9 Å². The van der Waals surface area contributed by atoms with Crippen molar-refractivity contribution in [2.45, 2.75) is 4.90 Å². The molecule has 1 fully saturated rings. The van der Waals surface area contributed by atoms with Gasteiger partial charge in [0.15, 0.2) is 0 Å². The SMILES string of the molecule is CN(CC(=O)Nc1ccc(N2CCOCC2)cc1)C(=O)CN(C)S(=O)(=O)c1ccccc1. The summed E-state index contributed by atoms with van der Waals surface area (Å²) >= 11 is 0. The van der Waals surface area contributed by atoms with Crippen LogP contribution >= 0.6 is 0 Å². The van der Waals surface area contributed by atoms with E-state index in [0.29, 0.717) is 18.9 Å². The largest absolute Gasteiger partial charge is 0.378 e. The highest BCUT2D eigenvalue weighted by Crippen LogP contribution is 2.19. The number of likely N-dealkylation sites (N-methyl/N-ethyl adjacent to an activating group) is 2. The minimum atomic E-state index is -3.78. The van der Waals surface area contributed by atoms with Gasteiger partial charge < -0.3 is 19.9 Å². The Morgan fingerprint density at radius 3 is 2.22 bits per heavy atom. The number of sulfonamides is 1. The van der Waals surface area contributed by atoms with E-state index in [4.69, 9.17) is 4.74 Å². The van der Waals surface area contributed by atoms with E-state index in [1.165, 1.54) is 31.1 Å². The average molecular weight is 461 g/mol. The van der Waals surface area contributed by atoms with Gasteiger partial charge in [-0.15, -0.1) is 0 Å². The van der Waals surface area contributed by atoms with Gasteiger partial charge in [0.1, 0.15) is 0 Å². The van der Waals surface area contributed by atoms with Crippen LogP contribution in [0.4, 0.5) is 11.4 Å². The van der Waals surface area contributed by atoms with Gasteiger partial charge in [-0.05, 0) is 36.4 Å². The summed E-state index contributed by atoms with van der Waals surface area (Å²) in [6.07, 6.45) is 0. The highest BCUT2D eigenvalue weighted by Gasteiger charge is 2.24. The van der Waals surface area contributed by atoms with Crippen molar-refractivity contribution in [1.82, 2.24) is 9.21 Å². The minimum Gasteiger partial charge on any atom is -0.378 e. The summed E-state index contributed by atoms with van der Waals surface area (Å²) in [6, 6.07) is 15.4. The molecule has 9 nitrogen and oxygen atoms in total. The Labute approximate surface area is 188 Å². The van der Waals surface area contributed by atoms with E-state index in [0.717, 1.165) is 23.1 Å². The van der Waals surface area contributed by atoms with Crippen LogP contribution in [-0.2, 0) is 24.3 Å². The van der Waals surface area contributed by atoms with E-state index in [2.05, 4.69) is 10.2 Å². The van der Waals surface area contributed by atoms with Gasteiger partial charge >= 0.3 is 0 Å². The topological polar surface area (TPSA) is 99.3 Å².